The summed E-state index contributed by atoms with van der Waals surface area (Å²) < 4.78 is 0. The summed E-state index contributed by atoms with van der Waals surface area (Å²) in [5.41, 5.74) is 0.444. The van der Waals surface area contributed by atoms with Crippen LogP contribution in [-0.4, -0.2) is 35.0 Å². The van der Waals surface area contributed by atoms with E-state index in [1.807, 2.05) is 4.90 Å². The predicted molar refractivity (Wildman–Crippen MR) is 78.6 cm³/mol. The smallest absolute Gasteiger partial charge is 0.254 e. The molecule has 19 heavy (non-hydrogen) atoms. The van der Waals surface area contributed by atoms with E-state index in [0.29, 0.717) is 17.1 Å². The Hall–Kier alpha value is -1.06. The number of carbonyl (C=O) groups excluding carboxylic acids is 1. The Morgan fingerprint density at radius 3 is 2.37 bits per heavy atom. The zero-order chi connectivity index (χ0) is 14.3. The second-order valence-corrected chi connectivity index (χ2v) is 6.88. The number of halogens is 1. The molecule has 0 bridgehead atoms. The number of nitrogens with zero attached hydrogens (tertiary/aromatic N) is 1. The van der Waals surface area contributed by atoms with Gasteiger partial charge in [0.1, 0.15) is 0 Å². The van der Waals surface area contributed by atoms with Crippen molar-refractivity contribution < 1.29 is 4.79 Å². The third-order valence-corrected chi connectivity index (χ3v) is 3.87. The van der Waals surface area contributed by atoms with Gasteiger partial charge in [0.25, 0.3) is 5.91 Å². The summed E-state index contributed by atoms with van der Waals surface area (Å²) in [5.74, 6) is 0.0660. The first-order valence-electron chi connectivity index (χ1n) is 6.54. The van der Waals surface area contributed by atoms with Gasteiger partial charge in [-0.1, -0.05) is 11.6 Å². The van der Waals surface area contributed by atoms with Crippen molar-refractivity contribution in [1.29, 1.82) is 0 Å². The van der Waals surface area contributed by atoms with Gasteiger partial charge in [-0.3, -0.25) is 4.79 Å². The monoisotopic (exact) mass is 280 g/mol. The number of piperazine rings is 1. The van der Waals surface area contributed by atoms with Crippen molar-refractivity contribution in [3.05, 3.63) is 34.9 Å². The quantitative estimate of drug-likeness (QED) is 0.858. The van der Waals surface area contributed by atoms with Crippen molar-refractivity contribution in [3.63, 3.8) is 0 Å². The molecule has 0 radical (unpaired) electrons. The molecule has 1 heterocycles. The van der Waals surface area contributed by atoms with Crippen molar-refractivity contribution in [1.82, 2.24) is 10.2 Å². The lowest BCUT2D eigenvalue weighted by atomic mass is 9.90. The van der Waals surface area contributed by atoms with E-state index in [2.05, 4.69) is 33.0 Å². The molecular formula is C15H21ClN2O. The summed E-state index contributed by atoms with van der Waals surface area (Å²) >= 11 is 5.87. The van der Waals surface area contributed by atoms with Gasteiger partial charge in [0.15, 0.2) is 0 Å². The van der Waals surface area contributed by atoms with Crippen molar-refractivity contribution in [2.75, 3.05) is 13.1 Å². The molecule has 1 N–H and O–H groups in total. The lowest BCUT2D eigenvalue weighted by Gasteiger charge is -2.49. The zero-order valence-corrected chi connectivity index (χ0v) is 12.7. The van der Waals surface area contributed by atoms with Gasteiger partial charge in [-0.05, 0) is 52.0 Å². The highest BCUT2D eigenvalue weighted by Gasteiger charge is 2.40. The van der Waals surface area contributed by atoms with Crippen LogP contribution in [0.2, 0.25) is 5.02 Å². The largest absolute Gasteiger partial charge is 0.330 e. The van der Waals surface area contributed by atoms with Gasteiger partial charge in [0.2, 0.25) is 0 Å². The third kappa shape index (κ3) is 3.10. The van der Waals surface area contributed by atoms with Gasteiger partial charge >= 0.3 is 0 Å². The Morgan fingerprint density at radius 2 is 1.79 bits per heavy atom. The minimum absolute atomic E-state index is 0.0579. The fraction of sp³-hybridized carbons (Fsp3) is 0.533. The fourth-order valence-electron chi connectivity index (χ4n) is 2.31. The second kappa shape index (κ2) is 4.80. The average molecular weight is 281 g/mol. The number of rotatable bonds is 1. The molecule has 0 spiro atoms. The Morgan fingerprint density at radius 1 is 1.21 bits per heavy atom. The molecule has 1 aliphatic rings. The molecule has 104 valence electrons. The van der Waals surface area contributed by atoms with E-state index in [0.717, 1.165) is 6.54 Å². The minimum Gasteiger partial charge on any atom is -0.330 e. The SMILES string of the molecule is CC1(C)CN(C(=O)c2ccc(Cl)cc2)C(C)(C)CN1. The zero-order valence-electron chi connectivity index (χ0n) is 12.0. The first-order valence-corrected chi connectivity index (χ1v) is 6.92. The van der Waals surface area contributed by atoms with Crippen LogP contribution in [0.3, 0.4) is 0 Å². The van der Waals surface area contributed by atoms with Crippen molar-refractivity contribution in [3.8, 4) is 0 Å². The Bertz CT molecular complexity index is 479. The van der Waals surface area contributed by atoms with Gasteiger partial charge in [0.05, 0.1) is 5.54 Å². The highest BCUT2D eigenvalue weighted by molar-refractivity contribution is 6.30. The van der Waals surface area contributed by atoms with E-state index in [1.54, 1.807) is 24.3 Å². The van der Waals surface area contributed by atoms with Crippen LogP contribution < -0.4 is 5.32 Å². The number of benzene rings is 1. The van der Waals surface area contributed by atoms with Gasteiger partial charge < -0.3 is 10.2 Å². The van der Waals surface area contributed by atoms with Crippen LogP contribution in [0.25, 0.3) is 0 Å². The predicted octanol–water partition coefficient (Wildman–Crippen LogP) is 2.94. The highest BCUT2D eigenvalue weighted by atomic mass is 35.5. The van der Waals surface area contributed by atoms with Crippen molar-refractivity contribution >= 4 is 17.5 Å². The van der Waals surface area contributed by atoms with Crippen LogP contribution >= 0.6 is 11.6 Å². The minimum atomic E-state index is -0.188. The second-order valence-electron chi connectivity index (χ2n) is 6.45. The maximum Gasteiger partial charge on any atom is 0.254 e. The number of carbonyl (C=O) groups is 1. The molecule has 3 nitrogen and oxygen atoms in total. The summed E-state index contributed by atoms with van der Waals surface area (Å²) in [6.45, 7) is 9.89. The molecular weight excluding hydrogens is 260 g/mol. The number of hydrogen-bond acceptors (Lipinski definition) is 2. The molecule has 1 aromatic rings. The summed E-state index contributed by atoms with van der Waals surface area (Å²) in [4.78, 5) is 14.6. The van der Waals surface area contributed by atoms with E-state index < -0.39 is 0 Å². The molecule has 0 aliphatic carbocycles. The van der Waals surface area contributed by atoms with E-state index >= 15 is 0 Å². The molecule has 1 fully saturated rings. The maximum atomic E-state index is 12.7. The van der Waals surface area contributed by atoms with E-state index in [1.165, 1.54) is 0 Å². The lowest BCUT2D eigenvalue weighted by Crippen LogP contribution is -2.67. The summed E-state index contributed by atoms with van der Waals surface area (Å²) in [6.07, 6.45) is 0. The fourth-order valence-corrected chi connectivity index (χ4v) is 2.44. The van der Waals surface area contributed by atoms with Gasteiger partial charge in [-0.25, -0.2) is 0 Å². The van der Waals surface area contributed by atoms with Crippen LogP contribution in [0, 0.1) is 0 Å². The number of hydrogen-bond donors (Lipinski definition) is 1. The van der Waals surface area contributed by atoms with Crippen LogP contribution in [0.5, 0.6) is 0 Å². The Kier molecular flexibility index (Phi) is 3.63. The molecule has 1 saturated heterocycles. The van der Waals surface area contributed by atoms with Crippen LogP contribution in [-0.2, 0) is 0 Å². The first kappa shape index (κ1) is 14.4. The standard InChI is InChI=1S/C15H21ClN2O/c1-14(2)10-18(15(3,4)9-17-14)13(19)11-5-7-12(16)8-6-11/h5-8,17H,9-10H2,1-4H3. The topological polar surface area (TPSA) is 32.3 Å². The lowest BCUT2D eigenvalue weighted by molar-refractivity contribution is 0.0281. The molecule has 0 atom stereocenters. The maximum absolute atomic E-state index is 12.7. The molecule has 1 aromatic carbocycles. The summed E-state index contributed by atoms with van der Waals surface area (Å²) in [5, 5.41) is 4.13. The molecule has 0 unspecified atom stereocenters. The normalized spacial score (nSPS) is 21.2. The van der Waals surface area contributed by atoms with Crippen LogP contribution in [0.1, 0.15) is 38.1 Å². The summed E-state index contributed by atoms with van der Waals surface area (Å²) in [6, 6.07) is 7.09. The van der Waals surface area contributed by atoms with Gasteiger partial charge in [-0.15, -0.1) is 0 Å². The first-order chi connectivity index (χ1) is 8.71. The molecule has 0 aromatic heterocycles. The van der Waals surface area contributed by atoms with E-state index in [4.69, 9.17) is 11.6 Å². The van der Waals surface area contributed by atoms with Crippen LogP contribution in [0.4, 0.5) is 0 Å². The van der Waals surface area contributed by atoms with E-state index in [9.17, 15) is 4.79 Å². The Balaban J connectivity index is 2.27. The number of nitrogens with one attached hydrogen (secondary N) is 1. The van der Waals surface area contributed by atoms with Gasteiger partial charge in [-0.2, -0.15) is 0 Å². The van der Waals surface area contributed by atoms with Crippen molar-refractivity contribution in [2.24, 2.45) is 0 Å². The van der Waals surface area contributed by atoms with Crippen molar-refractivity contribution in [2.45, 2.75) is 38.8 Å². The molecule has 1 amide bonds. The van der Waals surface area contributed by atoms with Crippen LogP contribution in [0.15, 0.2) is 24.3 Å². The molecule has 4 heteroatoms. The number of amides is 1. The van der Waals surface area contributed by atoms with Gasteiger partial charge in [0, 0.05) is 29.2 Å². The average Bonchev–Trinajstić information content (AvgIpc) is 2.33. The van der Waals surface area contributed by atoms with E-state index in [-0.39, 0.29) is 17.0 Å². The molecule has 2 rings (SSSR count). The Labute approximate surface area is 119 Å². The molecule has 1 aliphatic heterocycles. The third-order valence-electron chi connectivity index (χ3n) is 3.62. The highest BCUT2D eigenvalue weighted by Crippen LogP contribution is 2.25. The summed E-state index contributed by atoms with van der Waals surface area (Å²) in [7, 11) is 0. The molecule has 0 saturated carbocycles.